The summed E-state index contributed by atoms with van der Waals surface area (Å²) in [7, 11) is 0. The monoisotopic (exact) mass is 268 g/mol. The van der Waals surface area contributed by atoms with E-state index in [-0.39, 0.29) is 5.92 Å². The van der Waals surface area contributed by atoms with Gasteiger partial charge in [-0.05, 0) is 43.0 Å². The number of aliphatic hydroxyl groups is 1. The summed E-state index contributed by atoms with van der Waals surface area (Å²) in [5, 5.41) is 10.8. The number of fused-ring (bicyclic) bond motifs is 1. The van der Waals surface area contributed by atoms with Crippen LogP contribution in [0, 0.1) is 13.8 Å². The number of hydrogen-bond acceptors (Lipinski definition) is 2. The second-order valence-electron chi connectivity index (χ2n) is 5.57. The van der Waals surface area contributed by atoms with Crippen LogP contribution in [0.4, 0.5) is 0 Å². The zero-order valence-corrected chi connectivity index (χ0v) is 12.0. The third-order valence-electron chi connectivity index (χ3n) is 4.26. The van der Waals surface area contributed by atoms with E-state index in [0.717, 1.165) is 23.3 Å². The standard InChI is InChI=1S/C18H20O2/c1-12-7-8-14(11-13(12)2)18(19)16-9-10-20-17-6-4-3-5-15(16)17/h3-8,11,16,18-19H,9-10H2,1-2H3. The van der Waals surface area contributed by atoms with Crippen molar-refractivity contribution in [2.75, 3.05) is 6.61 Å². The van der Waals surface area contributed by atoms with Crippen LogP contribution in [-0.4, -0.2) is 11.7 Å². The highest BCUT2D eigenvalue weighted by atomic mass is 16.5. The highest BCUT2D eigenvalue weighted by Gasteiger charge is 2.28. The molecule has 104 valence electrons. The Morgan fingerprint density at radius 2 is 1.90 bits per heavy atom. The van der Waals surface area contributed by atoms with E-state index in [4.69, 9.17) is 4.74 Å². The molecule has 2 aromatic carbocycles. The molecule has 1 heterocycles. The first-order chi connectivity index (χ1) is 9.66. The SMILES string of the molecule is Cc1ccc(C(O)C2CCOc3ccccc32)cc1C. The highest BCUT2D eigenvalue weighted by molar-refractivity contribution is 5.40. The quantitative estimate of drug-likeness (QED) is 0.895. The molecule has 0 spiro atoms. The highest BCUT2D eigenvalue weighted by Crippen LogP contribution is 2.41. The minimum absolute atomic E-state index is 0.113. The second-order valence-corrected chi connectivity index (χ2v) is 5.57. The molecule has 0 bridgehead atoms. The van der Waals surface area contributed by atoms with Crippen LogP contribution in [0.3, 0.4) is 0 Å². The molecule has 2 unspecified atom stereocenters. The minimum atomic E-state index is -0.473. The van der Waals surface area contributed by atoms with Crippen molar-refractivity contribution in [3.05, 3.63) is 64.7 Å². The lowest BCUT2D eigenvalue weighted by Crippen LogP contribution is -2.20. The Morgan fingerprint density at radius 1 is 1.10 bits per heavy atom. The van der Waals surface area contributed by atoms with E-state index < -0.39 is 6.10 Å². The van der Waals surface area contributed by atoms with Gasteiger partial charge in [-0.3, -0.25) is 0 Å². The largest absolute Gasteiger partial charge is 0.493 e. The maximum absolute atomic E-state index is 10.8. The first-order valence-corrected chi connectivity index (χ1v) is 7.14. The third-order valence-corrected chi connectivity index (χ3v) is 4.26. The predicted octanol–water partition coefficient (Wildman–Crippen LogP) is 3.90. The summed E-state index contributed by atoms with van der Waals surface area (Å²) in [6.07, 6.45) is 0.379. The summed E-state index contributed by atoms with van der Waals surface area (Å²) < 4.78 is 5.67. The van der Waals surface area contributed by atoms with Crippen LogP contribution in [0.25, 0.3) is 0 Å². The molecule has 0 saturated carbocycles. The summed E-state index contributed by atoms with van der Waals surface area (Å²) >= 11 is 0. The molecule has 0 radical (unpaired) electrons. The van der Waals surface area contributed by atoms with Crippen LogP contribution >= 0.6 is 0 Å². The Hall–Kier alpha value is -1.80. The molecule has 0 saturated heterocycles. The van der Waals surface area contributed by atoms with Gasteiger partial charge in [0, 0.05) is 11.5 Å². The van der Waals surface area contributed by atoms with Gasteiger partial charge in [-0.25, -0.2) is 0 Å². The first kappa shape index (κ1) is 13.2. The molecular formula is C18H20O2. The van der Waals surface area contributed by atoms with Crippen molar-refractivity contribution in [2.45, 2.75) is 32.3 Å². The maximum Gasteiger partial charge on any atom is 0.122 e. The number of ether oxygens (including phenoxy) is 1. The molecule has 0 aromatic heterocycles. The van der Waals surface area contributed by atoms with Crippen molar-refractivity contribution >= 4 is 0 Å². The summed E-state index contributed by atoms with van der Waals surface area (Å²) in [6.45, 7) is 4.85. The van der Waals surface area contributed by atoms with Gasteiger partial charge in [0.1, 0.15) is 5.75 Å². The minimum Gasteiger partial charge on any atom is -0.493 e. The van der Waals surface area contributed by atoms with Crippen LogP contribution in [0.1, 0.15) is 40.7 Å². The number of hydrogen-bond donors (Lipinski definition) is 1. The molecule has 2 aromatic rings. The van der Waals surface area contributed by atoms with Gasteiger partial charge in [-0.1, -0.05) is 36.4 Å². The fourth-order valence-electron chi connectivity index (χ4n) is 2.88. The number of benzene rings is 2. The smallest absolute Gasteiger partial charge is 0.122 e. The van der Waals surface area contributed by atoms with Gasteiger partial charge in [0.15, 0.2) is 0 Å². The van der Waals surface area contributed by atoms with Crippen LogP contribution in [0.2, 0.25) is 0 Å². The number of aliphatic hydroxyl groups excluding tert-OH is 1. The van der Waals surface area contributed by atoms with E-state index in [2.05, 4.69) is 32.0 Å². The average molecular weight is 268 g/mol. The van der Waals surface area contributed by atoms with E-state index in [1.54, 1.807) is 0 Å². The van der Waals surface area contributed by atoms with Gasteiger partial charge < -0.3 is 9.84 Å². The van der Waals surface area contributed by atoms with Crippen molar-refractivity contribution in [1.29, 1.82) is 0 Å². The summed E-state index contributed by atoms with van der Waals surface area (Å²) in [6, 6.07) is 14.2. The fourth-order valence-corrected chi connectivity index (χ4v) is 2.88. The second kappa shape index (κ2) is 5.29. The summed E-state index contributed by atoms with van der Waals surface area (Å²) in [5.74, 6) is 1.02. The molecule has 2 atom stereocenters. The number of aryl methyl sites for hydroxylation is 2. The van der Waals surface area contributed by atoms with Crippen LogP contribution < -0.4 is 4.74 Å². The van der Waals surface area contributed by atoms with Crippen LogP contribution in [-0.2, 0) is 0 Å². The molecular weight excluding hydrogens is 248 g/mol. The summed E-state index contributed by atoms with van der Waals surface area (Å²) in [5.41, 5.74) is 4.59. The molecule has 3 rings (SSSR count). The normalized spacial score (nSPS) is 19.1. The van der Waals surface area contributed by atoms with Crippen molar-refractivity contribution < 1.29 is 9.84 Å². The zero-order valence-electron chi connectivity index (χ0n) is 12.0. The molecule has 1 aliphatic rings. The molecule has 0 fully saturated rings. The fraction of sp³-hybridized carbons (Fsp3) is 0.333. The Balaban J connectivity index is 1.95. The van der Waals surface area contributed by atoms with Crippen molar-refractivity contribution in [3.63, 3.8) is 0 Å². The lowest BCUT2D eigenvalue weighted by Gasteiger charge is -2.30. The molecule has 1 N–H and O–H groups in total. The van der Waals surface area contributed by atoms with Gasteiger partial charge in [0.05, 0.1) is 12.7 Å². The van der Waals surface area contributed by atoms with Crippen molar-refractivity contribution in [2.24, 2.45) is 0 Å². The Morgan fingerprint density at radius 3 is 2.70 bits per heavy atom. The maximum atomic E-state index is 10.8. The third kappa shape index (κ3) is 2.32. The molecule has 0 aliphatic carbocycles. The van der Waals surface area contributed by atoms with Gasteiger partial charge in [0.2, 0.25) is 0 Å². The van der Waals surface area contributed by atoms with Gasteiger partial charge in [0.25, 0.3) is 0 Å². The topological polar surface area (TPSA) is 29.5 Å². The Labute approximate surface area is 120 Å². The van der Waals surface area contributed by atoms with E-state index in [1.165, 1.54) is 11.1 Å². The van der Waals surface area contributed by atoms with Gasteiger partial charge in [-0.2, -0.15) is 0 Å². The van der Waals surface area contributed by atoms with E-state index in [1.807, 2.05) is 24.3 Å². The van der Waals surface area contributed by atoms with Gasteiger partial charge >= 0.3 is 0 Å². The Bertz CT molecular complexity index is 619. The van der Waals surface area contributed by atoms with Crippen LogP contribution in [0.15, 0.2) is 42.5 Å². The predicted molar refractivity (Wildman–Crippen MR) is 80.2 cm³/mol. The zero-order chi connectivity index (χ0) is 14.1. The van der Waals surface area contributed by atoms with Crippen molar-refractivity contribution in [3.8, 4) is 5.75 Å². The number of para-hydroxylation sites is 1. The van der Waals surface area contributed by atoms with Crippen molar-refractivity contribution in [1.82, 2.24) is 0 Å². The molecule has 2 heteroatoms. The number of rotatable bonds is 2. The van der Waals surface area contributed by atoms with Gasteiger partial charge in [-0.15, -0.1) is 0 Å². The van der Waals surface area contributed by atoms with E-state index in [9.17, 15) is 5.11 Å². The van der Waals surface area contributed by atoms with E-state index in [0.29, 0.717) is 6.61 Å². The molecule has 1 aliphatic heterocycles. The average Bonchev–Trinajstić information content (AvgIpc) is 2.49. The first-order valence-electron chi connectivity index (χ1n) is 7.14. The lowest BCUT2D eigenvalue weighted by atomic mass is 9.84. The Kier molecular flexibility index (Phi) is 3.49. The molecule has 2 nitrogen and oxygen atoms in total. The molecule has 20 heavy (non-hydrogen) atoms. The van der Waals surface area contributed by atoms with Crippen LogP contribution in [0.5, 0.6) is 5.75 Å². The molecule has 0 amide bonds. The summed E-state index contributed by atoms with van der Waals surface area (Å²) in [4.78, 5) is 0. The van der Waals surface area contributed by atoms with E-state index >= 15 is 0 Å². The lowest BCUT2D eigenvalue weighted by molar-refractivity contribution is 0.117.